The lowest BCUT2D eigenvalue weighted by atomic mass is 10.0. The minimum absolute atomic E-state index is 0.0250. The van der Waals surface area contributed by atoms with Gasteiger partial charge in [-0.05, 0) is 37.0 Å². The van der Waals surface area contributed by atoms with Gasteiger partial charge in [0.2, 0.25) is 11.8 Å². The number of hydrogen-bond acceptors (Lipinski definition) is 5. The SMILES string of the molecule is CC(=O)c1nn(CC(=O)N(C)C2CCCCCCCCCCNC2=O)c2ccc(NCC(C)C)cc12. The second kappa shape index (κ2) is 13.4. The highest BCUT2D eigenvalue weighted by molar-refractivity contribution is 6.05. The number of rotatable bonds is 7. The highest BCUT2D eigenvalue weighted by Crippen LogP contribution is 2.24. The molecule has 1 fully saturated rings. The van der Waals surface area contributed by atoms with Crippen LogP contribution in [0.25, 0.3) is 10.9 Å². The molecule has 2 amide bonds. The molecule has 2 aromatic rings. The summed E-state index contributed by atoms with van der Waals surface area (Å²) in [4.78, 5) is 40.2. The summed E-state index contributed by atoms with van der Waals surface area (Å²) < 4.78 is 1.59. The van der Waals surface area contributed by atoms with Crippen molar-refractivity contribution in [3.63, 3.8) is 0 Å². The third-order valence-corrected chi connectivity index (χ3v) is 6.95. The van der Waals surface area contributed by atoms with Crippen molar-refractivity contribution in [2.75, 3.05) is 25.5 Å². The summed E-state index contributed by atoms with van der Waals surface area (Å²) in [5.74, 6) is 0.0677. The number of carbonyl (C=O) groups is 3. The molecule has 1 aromatic heterocycles. The van der Waals surface area contributed by atoms with Crippen molar-refractivity contribution >= 4 is 34.2 Å². The molecule has 1 aromatic carbocycles. The normalized spacial score (nSPS) is 18.1. The Bertz CT molecular complexity index is 1050. The zero-order valence-corrected chi connectivity index (χ0v) is 22.4. The molecule has 1 saturated heterocycles. The van der Waals surface area contributed by atoms with Gasteiger partial charge in [0.15, 0.2) is 5.78 Å². The number of ketones is 1. The van der Waals surface area contributed by atoms with Gasteiger partial charge in [-0.3, -0.25) is 19.1 Å². The first-order chi connectivity index (χ1) is 17.3. The summed E-state index contributed by atoms with van der Waals surface area (Å²) in [7, 11) is 1.70. The lowest BCUT2D eigenvalue weighted by Gasteiger charge is -2.27. The van der Waals surface area contributed by atoms with Gasteiger partial charge in [-0.25, -0.2) is 0 Å². The van der Waals surface area contributed by atoms with Crippen LogP contribution >= 0.6 is 0 Å². The highest BCUT2D eigenvalue weighted by atomic mass is 16.2. The number of nitrogens with zero attached hydrogens (tertiary/aromatic N) is 3. The van der Waals surface area contributed by atoms with E-state index in [1.165, 1.54) is 32.6 Å². The Balaban J connectivity index is 1.77. The maximum absolute atomic E-state index is 13.3. The van der Waals surface area contributed by atoms with E-state index in [0.29, 0.717) is 24.6 Å². The summed E-state index contributed by atoms with van der Waals surface area (Å²) >= 11 is 0. The van der Waals surface area contributed by atoms with Gasteiger partial charge in [0.05, 0.1) is 5.52 Å². The summed E-state index contributed by atoms with van der Waals surface area (Å²) in [5.41, 5.74) is 2.01. The van der Waals surface area contributed by atoms with E-state index in [1.54, 1.807) is 16.6 Å². The van der Waals surface area contributed by atoms with Gasteiger partial charge in [0.25, 0.3) is 0 Å². The van der Waals surface area contributed by atoms with Crippen molar-refractivity contribution in [2.45, 2.75) is 91.1 Å². The maximum Gasteiger partial charge on any atom is 0.244 e. The predicted molar refractivity (Wildman–Crippen MR) is 144 cm³/mol. The Morgan fingerprint density at radius 3 is 2.44 bits per heavy atom. The van der Waals surface area contributed by atoms with Crippen molar-refractivity contribution in [3.05, 3.63) is 23.9 Å². The average Bonchev–Trinajstić information content (AvgIpc) is 3.21. The second-order valence-corrected chi connectivity index (χ2v) is 10.5. The Morgan fingerprint density at radius 2 is 1.78 bits per heavy atom. The lowest BCUT2D eigenvalue weighted by molar-refractivity contribution is -0.139. The minimum Gasteiger partial charge on any atom is -0.385 e. The van der Waals surface area contributed by atoms with Crippen LogP contribution in [-0.4, -0.2) is 58.5 Å². The molecule has 0 aliphatic carbocycles. The molecular weight excluding hydrogens is 454 g/mol. The smallest absolute Gasteiger partial charge is 0.244 e. The molecule has 8 nitrogen and oxygen atoms in total. The molecule has 1 atom stereocenters. The van der Waals surface area contributed by atoms with Gasteiger partial charge in [-0.15, -0.1) is 0 Å². The second-order valence-electron chi connectivity index (χ2n) is 10.5. The number of fused-ring (bicyclic) bond motifs is 1. The van der Waals surface area contributed by atoms with E-state index in [1.807, 2.05) is 18.2 Å². The monoisotopic (exact) mass is 497 g/mol. The van der Waals surface area contributed by atoms with Crippen LogP contribution in [0.5, 0.6) is 0 Å². The van der Waals surface area contributed by atoms with Crippen LogP contribution in [0.15, 0.2) is 18.2 Å². The maximum atomic E-state index is 13.3. The molecule has 1 unspecified atom stereocenters. The molecule has 3 rings (SSSR count). The van der Waals surface area contributed by atoms with E-state index in [9.17, 15) is 14.4 Å². The van der Waals surface area contributed by atoms with Crippen LogP contribution in [0.3, 0.4) is 0 Å². The van der Waals surface area contributed by atoms with Crippen molar-refractivity contribution in [1.82, 2.24) is 20.0 Å². The molecule has 0 spiro atoms. The summed E-state index contributed by atoms with van der Waals surface area (Å²) in [6.07, 6.45) is 9.62. The van der Waals surface area contributed by atoms with Gasteiger partial charge < -0.3 is 15.5 Å². The molecular formula is C28H43N5O3. The van der Waals surface area contributed by atoms with E-state index in [2.05, 4.69) is 29.6 Å². The summed E-state index contributed by atoms with van der Waals surface area (Å²) in [5, 5.41) is 11.6. The molecule has 198 valence electrons. The number of hydrogen-bond donors (Lipinski definition) is 2. The summed E-state index contributed by atoms with van der Waals surface area (Å²) in [6, 6.07) is 5.27. The standard InChI is InChI=1S/C28H43N5O3/c1-20(2)18-30-22-14-15-24-23(17-22)27(21(3)34)31-33(24)19-26(35)32(4)25-13-11-9-7-5-6-8-10-12-16-29-28(25)36/h14-15,17,20,25,30H,5-13,16,18-19H2,1-4H3,(H,29,36). The lowest BCUT2D eigenvalue weighted by Crippen LogP contribution is -2.48. The first kappa shape index (κ1) is 27.7. The molecule has 1 aliphatic rings. The number of carbonyl (C=O) groups excluding carboxylic acids is 3. The Labute approximate surface area is 215 Å². The van der Waals surface area contributed by atoms with Crippen LogP contribution in [0, 0.1) is 5.92 Å². The molecule has 2 heterocycles. The first-order valence-electron chi connectivity index (χ1n) is 13.6. The van der Waals surface area contributed by atoms with Gasteiger partial charge >= 0.3 is 0 Å². The number of benzene rings is 1. The minimum atomic E-state index is -0.501. The first-order valence-corrected chi connectivity index (χ1v) is 13.6. The predicted octanol–water partition coefficient (Wildman–Crippen LogP) is 4.77. The largest absolute Gasteiger partial charge is 0.385 e. The zero-order valence-electron chi connectivity index (χ0n) is 22.4. The number of aromatic nitrogens is 2. The van der Waals surface area contributed by atoms with Gasteiger partial charge in [-0.1, -0.05) is 58.8 Å². The van der Waals surface area contributed by atoms with E-state index in [-0.39, 0.29) is 24.1 Å². The zero-order chi connectivity index (χ0) is 26.1. The van der Waals surface area contributed by atoms with Crippen LogP contribution in [0.1, 0.15) is 89.0 Å². The van der Waals surface area contributed by atoms with Crippen LogP contribution in [-0.2, 0) is 16.1 Å². The van der Waals surface area contributed by atoms with Crippen molar-refractivity contribution in [3.8, 4) is 0 Å². The van der Waals surface area contributed by atoms with E-state index in [0.717, 1.165) is 48.8 Å². The fraction of sp³-hybridized carbons (Fsp3) is 0.643. The molecule has 2 N–H and O–H groups in total. The Hall–Kier alpha value is -2.90. The molecule has 0 saturated carbocycles. The van der Waals surface area contributed by atoms with Crippen LogP contribution < -0.4 is 10.6 Å². The Kier molecular flexibility index (Phi) is 10.3. The third-order valence-electron chi connectivity index (χ3n) is 6.95. The highest BCUT2D eigenvalue weighted by Gasteiger charge is 2.27. The number of nitrogens with one attached hydrogen (secondary N) is 2. The third kappa shape index (κ3) is 7.55. The van der Waals surface area contributed by atoms with Crippen LogP contribution in [0.4, 0.5) is 5.69 Å². The topological polar surface area (TPSA) is 96.3 Å². The van der Waals surface area contributed by atoms with E-state index >= 15 is 0 Å². The number of likely N-dealkylation sites (N-methyl/N-ethyl adjacent to an activating group) is 1. The van der Waals surface area contributed by atoms with Crippen molar-refractivity contribution in [1.29, 1.82) is 0 Å². The quantitative estimate of drug-likeness (QED) is 0.537. The van der Waals surface area contributed by atoms with Gasteiger partial charge in [0, 0.05) is 38.1 Å². The van der Waals surface area contributed by atoms with Gasteiger partial charge in [0.1, 0.15) is 18.3 Å². The fourth-order valence-electron chi connectivity index (χ4n) is 4.76. The van der Waals surface area contributed by atoms with Crippen molar-refractivity contribution in [2.24, 2.45) is 5.92 Å². The summed E-state index contributed by atoms with van der Waals surface area (Å²) in [6.45, 7) is 7.21. The van der Waals surface area contributed by atoms with Crippen molar-refractivity contribution < 1.29 is 14.4 Å². The van der Waals surface area contributed by atoms with Crippen LogP contribution in [0.2, 0.25) is 0 Å². The fourth-order valence-corrected chi connectivity index (χ4v) is 4.76. The number of amides is 2. The molecule has 0 bridgehead atoms. The van der Waals surface area contributed by atoms with E-state index in [4.69, 9.17) is 0 Å². The molecule has 36 heavy (non-hydrogen) atoms. The number of Topliss-reactive ketones (excluding diaryl/α,β-unsaturated/α-hetero) is 1. The molecule has 1 aliphatic heterocycles. The Morgan fingerprint density at radius 1 is 1.11 bits per heavy atom. The van der Waals surface area contributed by atoms with E-state index < -0.39 is 6.04 Å². The number of anilines is 1. The average molecular weight is 498 g/mol. The molecule has 0 radical (unpaired) electrons. The van der Waals surface area contributed by atoms with Gasteiger partial charge in [-0.2, -0.15) is 5.10 Å². The molecule has 8 heteroatoms.